The number of rotatable bonds is 7. The number of ether oxygens (including phenoxy) is 1. The van der Waals surface area contributed by atoms with Crippen LogP contribution >= 0.6 is 0 Å². The molecule has 1 N–H and O–H groups in total. The van der Waals surface area contributed by atoms with Gasteiger partial charge in [-0.2, -0.15) is 10.4 Å². The second-order valence-electron chi connectivity index (χ2n) is 5.65. The summed E-state index contributed by atoms with van der Waals surface area (Å²) in [7, 11) is 1.67. The summed E-state index contributed by atoms with van der Waals surface area (Å²) in [4.78, 5) is 11.5. The quantitative estimate of drug-likeness (QED) is 0.791. The summed E-state index contributed by atoms with van der Waals surface area (Å²) >= 11 is 0. The van der Waals surface area contributed by atoms with Gasteiger partial charge in [0.15, 0.2) is 5.78 Å². The van der Waals surface area contributed by atoms with E-state index in [1.165, 1.54) is 6.92 Å². The van der Waals surface area contributed by atoms with Gasteiger partial charge >= 0.3 is 0 Å². The average Bonchev–Trinajstić information content (AvgIpc) is 2.84. The van der Waals surface area contributed by atoms with Gasteiger partial charge in [-0.25, -0.2) is 0 Å². The topological polar surface area (TPSA) is 79.9 Å². The first kappa shape index (κ1) is 17.7. The summed E-state index contributed by atoms with van der Waals surface area (Å²) in [6, 6.07) is 7.21. The molecule has 24 heavy (non-hydrogen) atoms. The van der Waals surface area contributed by atoms with Crippen LogP contribution < -0.4 is 5.32 Å². The van der Waals surface area contributed by atoms with E-state index in [1.807, 2.05) is 18.5 Å². The molecule has 0 aliphatic carbocycles. The average molecular weight is 326 g/mol. The van der Waals surface area contributed by atoms with Crippen LogP contribution in [0, 0.1) is 25.2 Å². The lowest BCUT2D eigenvalue weighted by molar-refractivity contribution is 0.101. The van der Waals surface area contributed by atoms with Gasteiger partial charge in [0.25, 0.3) is 0 Å². The molecule has 2 aromatic rings. The first-order valence-corrected chi connectivity index (χ1v) is 7.78. The Balaban J connectivity index is 2.22. The van der Waals surface area contributed by atoms with Crippen LogP contribution in [-0.4, -0.2) is 29.3 Å². The maximum Gasteiger partial charge on any atom is 0.159 e. The molecule has 0 amide bonds. The summed E-state index contributed by atoms with van der Waals surface area (Å²) in [5.74, 6) is -0.0257. The van der Waals surface area contributed by atoms with Crippen molar-refractivity contribution in [1.29, 1.82) is 5.26 Å². The van der Waals surface area contributed by atoms with Gasteiger partial charge < -0.3 is 10.1 Å². The number of aryl methyl sites for hydroxylation is 1. The second kappa shape index (κ2) is 7.75. The smallest absolute Gasteiger partial charge is 0.159 e. The molecule has 0 spiro atoms. The van der Waals surface area contributed by atoms with E-state index in [4.69, 9.17) is 4.74 Å². The predicted molar refractivity (Wildman–Crippen MR) is 92.1 cm³/mol. The molecule has 1 aromatic heterocycles. The van der Waals surface area contributed by atoms with Crippen molar-refractivity contribution in [3.63, 3.8) is 0 Å². The minimum atomic E-state index is -0.0257. The Hall–Kier alpha value is -2.65. The number of aromatic nitrogens is 2. The zero-order chi connectivity index (χ0) is 17.7. The lowest BCUT2D eigenvalue weighted by Crippen LogP contribution is -2.09. The van der Waals surface area contributed by atoms with Gasteiger partial charge in [-0.15, -0.1) is 0 Å². The maximum atomic E-state index is 11.5. The molecule has 0 fully saturated rings. The van der Waals surface area contributed by atoms with Crippen LogP contribution in [0.5, 0.6) is 0 Å². The first-order valence-electron chi connectivity index (χ1n) is 7.78. The molecule has 1 aromatic carbocycles. The van der Waals surface area contributed by atoms with Crippen LogP contribution in [0.15, 0.2) is 18.2 Å². The van der Waals surface area contributed by atoms with Crippen LogP contribution in [0.25, 0.3) is 0 Å². The Labute approximate surface area is 142 Å². The van der Waals surface area contributed by atoms with E-state index in [0.29, 0.717) is 36.5 Å². The molecule has 6 heteroatoms. The molecule has 1 heterocycles. The third-order valence-corrected chi connectivity index (χ3v) is 4.04. The van der Waals surface area contributed by atoms with Crippen LogP contribution in [0.4, 0.5) is 5.69 Å². The fourth-order valence-corrected chi connectivity index (χ4v) is 2.58. The van der Waals surface area contributed by atoms with Crippen LogP contribution in [-0.2, 0) is 17.8 Å². The number of Topliss-reactive ketones (excluding diaryl/α,β-unsaturated/α-hetero) is 1. The molecule has 0 saturated carbocycles. The number of nitrogens with zero attached hydrogens (tertiary/aromatic N) is 3. The molecule has 0 saturated heterocycles. The molecule has 6 nitrogen and oxygen atoms in total. The number of hydrogen-bond acceptors (Lipinski definition) is 5. The molecular formula is C18H22N4O2. The van der Waals surface area contributed by atoms with Crippen LogP contribution in [0.1, 0.15) is 39.8 Å². The highest BCUT2D eigenvalue weighted by Gasteiger charge is 2.12. The number of ketones is 1. The van der Waals surface area contributed by atoms with Gasteiger partial charge in [0.2, 0.25) is 0 Å². The molecule has 0 aliphatic rings. The third-order valence-electron chi connectivity index (χ3n) is 4.04. The van der Waals surface area contributed by atoms with Crippen molar-refractivity contribution in [3.05, 3.63) is 46.3 Å². The Kier molecular flexibility index (Phi) is 5.72. The highest BCUT2D eigenvalue weighted by atomic mass is 16.5. The summed E-state index contributed by atoms with van der Waals surface area (Å²) in [6.07, 6.45) is 0. The SMILES string of the molecule is COCCn1nc(C)c(CNc2cc(C(C)=O)ccc2C#N)c1C. The molecule has 0 aliphatic heterocycles. The minimum absolute atomic E-state index is 0.0257. The van der Waals surface area contributed by atoms with Gasteiger partial charge in [-0.05, 0) is 39.0 Å². The highest BCUT2D eigenvalue weighted by Crippen LogP contribution is 2.20. The lowest BCUT2D eigenvalue weighted by Gasteiger charge is -2.10. The monoisotopic (exact) mass is 326 g/mol. The summed E-state index contributed by atoms with van der Waals surface area (Å²) in [6.45, 7) is 7.34. The number of carbonyl (C=O) groups is 1. The molecule has 0 unspecified atom stereocenters. The fraction of sp³-hybridized carbons (Fsp3) is 0.389. The van der Waals surface area contributed by atoms with Gasteiger partial charge in [0, 0.05) is 30.5 Å². The Bertz CT molecular complexity index is 787. The molecule has 126 valence electrons. The summed E-state index contributed by atoms with van der Waals surface area (Å²) in [5, 5.41) is 17.0. The van der Waals surface area contributed by atoms with E-state index in [2.05, 4.69) is 16.5 Å². The van der Waals surface area contributed by atoms with Gasteiger partial charge in [0.05, 0.1) is 30.1 Å². The Morgan fingerprint density at radius 3 is 2.79 bits per heavy atom. The molecule has 0 radical (unpaired) electrons. The predicted octanol–water partition coefficient (Wildman–Crippen LogP) is 2.83. The number of methoxy groups -OCH3 is 1. The van der Waals surface area contributed by atoms with Crippen molar-refractivity contribution in [1.82, 2.24) is 9.78 Å². The maximum absolute atomic E-state index is 11.5. The van der Waals surface area contributed by atoms with E-state index in [9.17, 15) is 10.1 Å². The van der Waals surface area contributed by atoms with Crippen molar-refractivity contribution < 1.29 is 9.53 Å². The first-order chi connectivity index (χ1) is 11.5. The zero-order valence-electron chi connectivity index (χ0n) is 14.5. The largest absolute Gasteiger partial charge is 0.383 e. The normalized spacial score (nSPS) is 10.5. The Morgan fingerprint density at radius 2 is 2.17 bits per heavy atom. The van der Waals surface area contributed by atoms with E-state index < -0.39 is 0 Å². The van der Waals surface area contributed by atoms with Crippen LogP contribution in [0.2, 0.25) is 0 Å². The minimum Gasteiger partial charge on any atom is -0.383 e. The van der Waals surface area contributed by atoms with Crippen molar-refractivity contribution in [2.45, 2.75) is 33.9 Å². The Morgan fingerprint density at radius 1 is 1.42 bits per heavy atom. The number of hydrogen-bond donors (Lipinski definition) is 1. The van der Waals surface area contributed by atoms with Crippen molar-refractivity contribution in [2.24, 2.45) is 0 Å². The van der Waals surface area contributed by atoms with Crippen LogP contribution in [0.3, 0.4) is 0 Å². The number of carbonyl (C=O) groups excluding carboxylic acids is 1. The second-order valence-corrected chi connectivity index (χ2v) is 5.65. The van der Waals surface area contributed by atoms with Crippen molar-refractivity contribution >= 4 is 11.5 Å². The van der Waals surface area contributed by atoms with Crippen molar-refractivity contribution in [2.75, 3.05) is 19.0 Å². The van der Waals surface area contributed by atoms with Crippen molar-refractivity contribution in [3.8, 4) is 6.07 Å². The highest BCUT2D eigenvalue weighted by molar-refractivity contribution is 5.95. The van der Waals surface area contributed by atoms with Gasteiger partial charge in [-0.1, -0.05) is 0 Å². The molecule has 0 bridgehead atoms. The fourth-order valence-electron chi connectivity index (χ4n) is 2.58. The van der Waals surface area contributed by atoms with E-state index >= 15 is 0 Å². The van der Waals surface area contributed by atoms with E-state index in [0.717, 1.165) is 17.0 Å². The molecule has 2 rings (SSSR count). The summed E-state index contributed by atoms with van der Waals surface area (Å²) < 4.78 is 7.02. The van der Waals surface area contributed by atoms with E-state index in [1.54, 1.807) is 25.3 Å². The number of nitrogens with one attached hydrogen (secondary N) is 1. The number of anilines is 1. The van der Waals surface area contributed by atoms with Gasteiger partial charge in [-0.3, -0.25) is 9.48 Å². The standard InChI is InChI=1S/C18H22N4O2/c1-12-17(13(2)22(21-12)7-8-24-4)11-20-18-9-15(14(3)23)5-6-16(18)10-19/h5-6,9,20H,7-8,11H2,1-4H3. The lowest BCUT2D eigenvalue weighted by atomic mass is 10.1. The van der Waals surface area contributed by atoms with Gasteiger partial charge in [0.1, 0.15) is 6.07 Å². The number of nitriles is 1. The number of benzene rings is 1. The van der Waals surface area contributed by atoms with E-state index in [-0.39, 0.29) is 5.78 Å². The molecule has 0 atom stereocenters. The zero-order valence-corrected chi connectivity index (χ0v) is 14.5. The summed E-state index contributed by atoms with van der Waals surface area (Å²) in [5.41, 5.74) is 4.86. The third kappa shape index (κ3) is 3.81. The molecular weight excluding hydrogens is 304 g/mol.